The van der Waals surface area contributed by atoms with E-state index in [1.165, 1.54) is 18.4 Å². The fourth-order valence-electron chi connectivity index (χ4n) is 5.83. The first-order chi connectivity index (χ1) is 13.2. The molecule has 3 heteroatoms. The Bertz CT molecular complexity index is 754. The molecule has 2 aliphatic rings. The van der Waals surface area contributed by atoms with E-state index in [-0.39, 0.29) is 11.8 Å². The van der Waals surface area contributed by atoms with Crippen molar-refractivity contribution >= 4 is 5.91 Å². The number of nitrogens with one attached hydrogen (secondary N) is 1. The first kappa shape index (κ1) is 18.2. The molecule has 0 bridgehead atoms. The molecule has 142 valence electrons. The van der Waals surface area contributed by atoms with E-state index >= 15 is 0 Å². The van der Waals surface area contributed by atoms with Gasteiger partial charge in [0.2, 0.25) is 5.91 Å². The van der Waals surface area contributed by atoms with E-state index in [9.17, 15) is 4.79 Å². The summed E-state index contributed by atoms with van der Waals surface area (Å²) in [5.74, 6) is 0.734. The highest BCUT2D eigenvalue weighted by Crippen LogP contribution is 2.52. The smallest absolute Gasteiger partial charge is 0.228 e. The zero-order valence-electron chi connectivity index (χ0n) is 15.9. The first-order valence-electron chi connectivity index (χ1n) is 10.4. The molecule has 1 heterocycles. The van der Waals surface area contributed by atoms with Crippen LogP contribution in [-0.4, -0.2) is 19.0 Å². The number of carbonyl (C=O) groups excluding carboxylic acids is 1. The number of hydrogen-bond donors (Lipinski definition) is 2. The minimum atomic E-state index is -0.583. The third kappa shape index (κ3) is 3.19. The van der Waals surface area contributed by atoms with Gasteiger partial charge in [-0.3, -0.25) is 4.79 Å². The molecule has 1 aliphatic carbocycles. The van der Waals surface area contributed by atoms with Gasteiger partial charge in [0.15, 0.2) is 0 Å². The summed E-state index contributed by atoms with van der Waals surface area (Å²) >= 11 is 0. The summed E-state index contributed by atoms with van der Waals surface area (Å²) in [4.78, 5) is 13.3. The third-order valence-corrected chi connectivity index (χ3v) is 6.95. The summed E-state index contributed by atoms with van der Waals surface area (Å²) in [5.41, 5.74) is 8.15. The standard InChI is InChI=1S/C24H30N2O/c25-23(27)24(20-13-7-8-14-20,19-11-5-2-6-12-19)22-15-16-26-17-21(22)18-9-3-1-4-10-18/h1-6,9-12,20-22,26H,7-8,13-17H2,(H2,25,27). The molecule has 2 aromatic rings. The Hall–Kier alpha value is -2.13. The number of benzene rings is 2. The summed E-state index contributed by atoms with van der Waals surface area (Å²) in [7, 11) is 0. The van der Waals surface area contributed by atoms with Crippen molar-refractivity contribution < 1.29 is 4.79 Å². The molecule has 3 N–H and O–H groups in total. The molecule has 1 saturated heterocycles. The van der Waals surface area contributed by atoms with Crippen LogP contribution in [0.4, 0.5) is 0 Å². The maximum absolute atomic E-state index is 13.3. The van der Waals surface area contributed by atoms with Crippen LogP contribution >= 0.6 is 0 Å². The molecule has 3 unspecified atom stereocenters. The minimum Gasteiger partial charge on any atom is -0.369 e. The van der Waals surface area contributed by atoms with Crippen molar-refractivity contribution in [3.8, 4) is 0 Å². The van der Waals surface area contributed by atoms with Crippen LogP contribution in [0.3, 0.4) is 0 Å². The second-order valence-electron chi connectivity index (χ2n) is 8.20. The van der Waals surface area contributed by atoms with Crippen LogP contribution in [0.2, 0.25) is 0 Å². The van der Waals surface area contributed by atoms with Crippen molar-refractivity contribution in [1.29, 1.82) is 0 Å². The van der Waals surface area contributed by atoms with E-state index < -0.39 is 5.41 Å². The minimum absolute atomic E-state index is 0.131. The monoisotopic (exact) mass is 362 g/mol. The highest BCUT2D eigenvalue weighted by molar-refractivity contribution is 5.88. The quantitative estimate of drug-likeness (QED) is 0.845. The molecule has 0 aromatic heterocycles. The van der Waals surface area contributed by atoms with Crippen LogP contribution in [0.25, 0.3) is 0 Å². The van der Waals surface area contributed by atoms with Gasteiger partial charge in [-0.25, -0.2) is 0 Å². The zero-order chi connectivity index (χ0) is 18.7. The molecule has 1 aliphatic heterocycles. The Balaban J connectivity index is 1.87. The number of hydrogen-bond acceptors (Lipinski definition) is 2. The molecule has 4 rings (SSSR count). The van der Waals surface area contributed by atoms with Crippen molar-refractivity contribution in [1.82, 2.24) is 5.32 Å². The Kier molecular flexibility index (Phi) is 5.31. The topological polar surface area (TPSA) is 55.1 Å². The van der Waals surface area contributed by atoms with Gasteiger partial charge < -0.3 is 11.1 Å². The summed E-state index contributed by atoms with van der Waals surface area (Å²) in [6.45, 7) is 1.85. The number of piperidine rings is 1. The Morgan fingerprint density at radius 2 is 1.56 bits per heavy atom. The second-order valence-corrected chi connectivity index (χ2v) is 8.20. The van der Waals surface area contributed by atoms with Gasteiger partial charge in [0.1, 0.15) is 0 Å². The average Bonchev–Trinajstić information content (AvgIpc) is 3.25. The summed E-state index contributed by atoms with van der Waals surface area (Å²) in [6, 6.07) is 21.1. The van der Waals surface area contributed by atoms with Crippen LogP contribution in [0.5, 0.6) is 0 Å². The summed E-state index contributed by atoms with van der Waals surface area (Å²) in [5, 5.41) is 3.56. The largest absolute Gasteiger partial charge is 0.369 e. The SMILES string of the molecule is NC(=O)C(c1ccccc1)(C1CCCC1)C1CCNCC1c1ccccc1. The maximum Gasteiger partial charge on any atom is 0.228 e. The van der Waals surface area contributed by atoms with Gasteiger partial charge in [0.05, 0.1) is 5.41 Å². The van der Waals surface area contributed by atoms with Gasteiger partial charge in [-0.1, -0.05) is 73.5 Å². The Morgan fingerprint density at radius 1 is 0.926 bits per heavy atom. The van der Waals surface area contributed by atoms with Crippen molar-refractivity contribution in [2.24, 2.45) is 17.6 Å². The van der Waals surface area contributed by atoms with Gasteiger partial charge in [-0.15, -0.1) is 0 Å². The van der Waals surface area contributed by atoms with Gasteiger partial charge in [-0.2, -0.15) is 0 Å². The normalized spacial score (nSPS) is 25.8. The molecule has 0 radical (unpaired) electrons. The van der Waals surface area contributed by atoms with Crippen LogP contribution < -0.4 is 11.1 Å². The van der Waals surface area contributed by atoms with Crippen molar-refractivity contribution in [3.05, 3.63) is 71.8 Å². The third-order valence-electron chi connectivity index (χ3n) is 6.95. The first-order valence-corrected chi connectivity index (χ1v) is 10.4. The fraction of sp³-hybridized carbons (Fsp3) is 0.458. The molecule has 2 aromatic carbocycles. The lowest BCUT2D eigenvalue weighted by molar-refractivity contribution is -0.129. The van der Waals surface area contributed by atoms with Crippen LogP contribution in [0.15, 0.2) is 60.7 Å². The number of rotatable bonds is 5. The van der Waals surface area contributed by atoms with E-state index in [1.807, 2.05) is 6.07 Å². The number of primary amides is 1. The molecule has 2 fully saturated rings. The lowest BCUT2D eigenvalue weighted by atomic mass is 9.55. The predicted molar refractivity (Wildman–Crippen MR) is 109 cm³/mol. The van der Waals surface area contributed by atoms with Crippen LogP contribution in [-0.2, 0) is 10.2 Å². The van der Waals surface area contributed by atoms with Gasteiger partial charge >= 0.3 is 0 Å². The van der Waals surface area contributed by atoms with E-state index in [1.54, 1.807) is 0 Å². The van der Waals surface area contributed by atoms with E-state index in [0.29, 0.717) is 11.8 Å². The van der Waals surface area contributed by atoms with Crippen LogP contribution in [0, 0.1) is 11.8 Å². The maximum atomic E-state index is 13.3. The van der Waals surface area contributed by atoms with Crippen LogP contribution in [0.1, 0.15) is 49.1 Å². The Labute approximate surface area is 162 Å². The zero-order valence-corrected chi connectivity index (χ0v) is 15.9. The highest BCUT2D eigenvalue weighted by Gasteiger charge is 2.54. The van der Waals surface area contributed by atoms with E-state index in [0.717, 1.165) is 37.9 Å². The molecule has 3 nitrogen and oxygen atoms in total. The molecular weight excluding hydrogens is 332 g/mol. The lowest BCUT2D eigenvalue weighted by Gasteiger charge is -2.49. The lowest BCUT2D eigenvalue weighted by Crippen LogP contribution is -2.56. The van der Waals surface area contributed by atoms with E-state index in [2.05, 4.69) is 59.9 Å². The van der Waals surface area contributed by atoms with Gasteiger partial charge in [0.25, 0.3) is 0 Å². The van der Waals surface area contributed by atoms with Crippen molar-refractivity contribution in [3.63, 3.8) is 0 Å². The van der Waals surface area contributed by atoms with E-state index in [4.69, 9.17) is 5.73 Å². The van der Waals surface area contributed by atoms with Gasteiger partial charge in [-0.05, 0) is 48.8 Å². The Morgan fingerprint density at radius 3 is 2.19 bits per heavy atom. The molecule has 1 saturated carbocycles. The molecule has 27 heavy (non-hydrogen) atoms. The molecule has 0 spiro atoms. The van der Waals surface area contributed by atoms with Crippen molar-refractivity contribution in [2.75, 3.05) is 13.1 Å². The number of carbonyl (C=O) groups is 1. The predicted octanol–water partition coefficient (Wildman–Crippen LogP) is 3.99. The second kappa shape index (κ2) is 7.85. The summed E-state index contributed by atoms with van der Waals surface area (Å²) < 4.78 is 0. The number of amides is 1. The average molecular weight is 363 g/mol. The fourth-order valence-corrected chi connectivity index (χ4v) is 5.83. The van der Waals surface area contributed by atoms with Gasteiger partial charge in [0, 0.05) is 12.5 Å². The number of nitrogens with two attached hydrogens (primary N) is 1. The summed E-state index contributed by atoms with van der Waals surface area (Å²) in [6.07, 6.45) is 5.58. The molecular formula is C24H30N2O. The molecule has 3 atom stereocenters. The van der Waals surface area contributed by atoms with Crippen molar-refractivity contribution in [2.45, 2.75) is 43.4 Å². The molecule has 1 amide bonds. The highest BCUT2D eigenvalue weighted by atomic mass is 16.1.